The van der Waals surface area contributed by atoms with Crippen molar-refractivity contribution >= 4 is 51.0 Å². The first-order chi connectivity index (χ1) is 3.41. The van der Waals surface area contributed by atoms with Crippen molar-refractivity contribution in [2.75, 3.05) is 6.61 Å². The molecule has 0 heterocycles. The summed E-state index contributed by atoms with van der Waals surface area (Å²) < 4.78 is 5.94. The zero-order valence-corrected chi connectivity index (χ0v) is 7.69. The topological polar surface area (TPSA) is 20.2 Å². The molecule has 0 unspecified atom stereocenters. The van der Waals surface area contributed by atoms with Crippen LogP contribution >= 0.6 is 0 Å². The number of aliphatic hydroxyl groups excluding tert-OH is 1. The number of unbranched alkanes of at least 4 members (excludes halogenated alkanes) is 1. The second-order valence-electron chi connectivity index (χ2n) is 1.08. The second-order valence-corrected chi connectivity index (χ2v) is 1.08. The number of hydrogen-bond acceptors (Lipinski definition) is 1. The van der Waals surface area contributed by atoms with Crippen molar-refractivity contribution in [1.82, 2.24) is 0 Å². The molecule has 0 aromatic carbocycles. The van der Waals surface area contributed by atoms with Gasteiger partial charge < -0.3 is 5.11 Å². The Kier molecular flexibility index (Phi) is 12.4. The molecule has 0 aliphatic rings. The minimum absolute atomic E-state index is 0.312. The fraction of sp³-hybridized carbons (Fsp3) is 1.00. The van der Waals surface area contributed by atoms with Crippen LogP contribution in [0.25, 0.3) is 0 Å². The quantitative estimate of drug-likeness (QED) is 0.508. The van der Waals surface area contributed by atoms with Gasteiger partial charge in [-0.1, -0.05) is 13.3 Å². The predicted molar refractivity (Wildman–Crippen MR) is 29.1 cm³/mol. The van der Waals surface area contributed by atoms with E-state index in [0.717, 1.165) is 12.8 Å². The maximum absolute atomic E-state index is 8.07. The van der Waals surface area contributed by atoms with Gasteiger partial charge in [-0.05, 0) is 6.42 Å². The van der Waals surface area contributed by atoms with Crippen LogP contribution in [0.3, 0.4) is 0 Å². The molecule has 0 aliphatic carbocycles. The van der Waals surface area contributed by atoms with Gasteiger partial charge in [0.05, 0.1) is 0 Å². The van der Waals surface area contributed by atoms with Gasteiger partial charge in [-0.3, -0.25) is 0 Å². The number of aliphatic hydroxyl groups is 1. The summed E-state index contributed by atoms with van der Waals surface area (Å²) in [5, 5.41) is 8.07. The van der Waals surface area contributed by atoms with Crippen LogP contribution in [0.4, 0.5) is 0 Å². The first-order valence-electron chi connectivity index (χ1n) is 3.02. The van der Waals surface area contributed by atoms with E-state index in [1.54, 1.807) is 0 Å². The normalized spacial score (nSPS) is 8.33. The molecule has 0 radical (unpaired) electrons. The van der Waals surface area contributed by atoms with Gasteiger partial charge in [0, 0.05) is 6.61 Å². The molecule has 1 N–H and O–H groups in total. The summed E-state index contributed by atoms with van der Waals surface area (Å²) in [6, 6.07) is 0. The molecule has 0 fully saturated rings. The van der Waals surface area contributed by atoms with E-state index in [9.17, 15) is 0 Å². The Morgan fingerprint density at radius 3 is 2.33 bits per heavy atom. The van der Waals surface area contributed by atoms with Crippen LogP contribution < -0.4 is 0 Å². The van der Waals surface area contributed by atoms with Crippen molar-refractivity contribution in [3.05, 3.63) is 0 Å². The molecule has 0 bridgehead atoms. The Bertz CT molecular complexity index is 19.2. The van der Waals surface area contributed by atoms with Crippen LogP contribution in [0.5, 0.6) is 0 Å². The molecule has 6 heavy (non-hydrogen) atoms. The molecule has 0 rings (SSSR count). The molecule has 0 atom stereocenters. The Morgan fingerprint density at radius 2 is 2.33 bits per heavy atom. The van der Waals surface area contributed by atoms with Crippen molar-refractivity contribution in [2.45, 2.75) is 19.8 Å². The fourth-order valence-corrected chi connectivity index (χ4v) is 0.158. The molecule has 0 aliphatic heterocycles. The average Bonchev–Trinajstić information content (AvgIpc) is 1.75. The van der Waals surface area contributed by atoms with Crippen molar-refractivity contribution < 1.29 is 5.11 Å². The standard InChI is InChI=1S/C4H10O.K.H/c1-2-3-4-5;;/h5H,2-4H2,1H3;;/i;;1+2. The minimum atomic E-state index is 0.312. The molecule has 1 nitrogen and oxygen atoms in total. The van der Waals surface area contributed by atoms with Gasteiger partial charge in [-0.2, -0.15) is 0 Å². The molecule has 0 aromatic rings. The summed E-state index contributed by atoms with van der Waals surface area (Å²) in [6.07, 6.45) is 2.04. The van der Waals surface area contributed by atoms with E-state index in [2.05, 4.69) is 6.92 Å². The van der Waals surface area contributed by atoms with E-state index in [1.807, 2.05) is 0 Å². The summed E-state index contributed by atoms with van der Waals surface area (Å²) in [5.74, 6) is 0. The average molecular weight is 116 g/mol. The molecule has 0 amide bonds. The molecular weight excluding hydrogens is 103 g/mol. The monoisotopic (exact) mass is 116 g/mol. The molecule has 0 aromatic heterocycles. The zero-order chi connectivity index (χ0) is 6.12. The molecule has 0 saturated carbocycles. The number of hydrogen-bond donors (Lipinski definition) is 1. The van der Waals surface area contributed by atoms with Crippen molar-refractivity contribution in [2.24, 2.45) is 0 Å². The molecular formula is C4H11KO. The maximum atomic E-state index is 8.07. The van der Waals surface area contributed by atoms with Crippen LogP contribution in [0.2, 0.25) is 0 Å². The zero-order valence-electron chi connectivity index (χ0n) is 5.57. The van der Waals surface area contributed by atoms with E-state index < -0.39 is 0 Å². The molecule has 34 valence electrons. The predicted octanol–water partition coefficient (Wildman–Crippen LogP) is 0.130. The van der Waals surface area contributed by atoms with Gasteiger partial charge in [-0.15, -0.1) is 0 Å². The van der Waals surface area contributed by atoms with Crippen molar-refractivity contribution in [3.8, 4) is 0 Å². The molecule has 0 saturated heterocycles. The summed E-state index contributed by atoms with van der Waals surface area (Å²) in [5.41, 5.74) is 0. The van der Waals surface area contributed by atoms with Crippen LogP contribution in [0.15, 0.2) is 0 Å². The van der Waals surface area contributed by atoms with E-state index in [-0.39, 0.29) is 0 Å². The Hall–Kier alpha value is 1.60. The first kappa shape index (κ1) is 7.60. The van der Waals surface area contributed by atoms with Crippen LogP contribution in [-0.4, -0.2) is 61.7 Å². The molecule has 0 spiro atoms. The van der Waals surface area contributed by atoms with E-state index in [0.29, 0.717) is 57.6 Å². The molecule has 2 heteroatoms. The fourth-order valence-electron chi connectivity index (χ4n) is 0.158. The van der Waals surface area contributed by atoms with Crippen molar-refractivity contribution in [1.29, 1.82) is -1.04 Å². The van der Waals surface area contributed by atoms with E-state index in [1.165, 1.54) is 0 Å². The van der Waals surface area contributed by atoms with Crippen LogP contribution in [0.1, 0.15) is 19.8 Å². The third-order valence-electron chi connectivity index (χ3n) is 0.512. The number of rotatable bonds is 2. The van der Waals surface area contributed by atoms with E-state index >= 15 is 0 Å². The van der Waals surface area contributed by atoms with Crippen molar-refractivity contribution in [3.63, 3.8) is 0 Å². The van der Waals surface area contributed by atoms with Gasteiger partial charge >= 0.3 is 49.9 Å². The Morgan fingerprint density at radius 1 is 1.83 bits per heavy atom. The third-order valence-corrected chi connectivity index (χ3v) is 0.512. The SMILES string of the molecule is CCCCO.[3H][K]. The second kappa shape index (κ2) is 9.78. The summed E-state index contributed by atoms with van der Waals surface area (Å²) in [7, 11) is 0. The van der Waals surface area contributed by atoms with Gasteiger partial charge in [0.1, 0.15) is 0 Å². The first-order valence-corrected chi connectivity index (χ1v) is 2.02. The summed E-state index contributed by atoms with van der Waals surface area (Å²) >= 11 is 0.312. The summed E-state index contributed by atoms with van der Waals surface area (Å²) in [6.45, 7) is 2.40. The Labute approximate surface area is 80.2 Å². The van der Waals surface area contributed by atoms with E-state index in [4.69, 9.17) is 4.07 Å². The van der Waals surface area contributed by atoms with Gasteiger partial charge in [0.15, 0.2) is 0 Å². The van der Waals surface area contributed by atoms with Gasteiger partial charge in [0.25, 0.3) is 0 Å². The summed E-state index contributed by atoms with van der Waals surface area (Å²) in [4.78, 5) is 0. The van der Waals surface area contributed by atoms with Gasteiger partial charge in [0.2, 0.25) is 0 Å². The third kappa shape index (κ3) is 9.14. The van der Waals surface area contributed by atoms with Crippen LogP contribution in [0, 0.1) is 0 Å². The van der Waals surface area contributed by atoms with Gasteiger partial charge in [-0.25, -0.2) is 0 Å². The Balaban J connectivity index is 0. The van der Waals surface area contributed by atoms with Crippen LogP contribution in [-0.2, 0) is 0 Å².